The Balaban J connectivity index is 1.95. The highest BCUT2D eigenvalue weighted by molar-refractivity contribution is 5.71. The minimum atomic E-state index is 0.694. The molecule has 0 saturated heterocycles. The van der Waals surface area contributed by atoms with Crippen molar-refractivity contribution in [3.63, 3.8) is 0 Å². The van der Waals surface area contributed by atoms with Gasteiger partial charge in [0.15, 0.2) is 11.6 Å². The molecule has 3 heterocycles. The Bertz CT molecular complexity index is 1080. The summed E-state index contributed by atoms with van der Waals surface area (Å²) in [5.74, 6) is 1.41. The van der Waals surface area contributed by atoms with Crippen molar-refractivity contribution in [1.82, 2.24) is 29.8 Å². The normalized spacial score (nSPS) is 11.1. The van der Waals surface area contributed by atoms with Crippen LogP contribution in [0.5, 0.6) is 0 Å². The van der Waals surface area contributed by atoms with Gasteiger partial charge in [-0.25, -0.2) is 9.36 Å². The maximum atomic E-state index is 4.58. The van der Waals surface area contributed by atoms with E-state index in [9.17, 15) is 0 Å². The van der Waals surface area contributed by atoms with Gasteiger partial charge in [0.1, 0.15) is 0 Å². The van der Waals surface area contributed by atoms with Crippen LogP contribution in [0.2, 0.25) is 0 Å². The van der Waals surface area contributed by atoms with Gasteiger partial charge in [-0.2, -0.15) is 10.2 Å². The zero-order valence-corrected chi connectivity index (χ0v) is 15.3. The van der Waals surface area contributed by atoms with Crippen LogP contribution in [0.3, 0.4) is 0 Å². The van der Waals surface area contributed by atoms with E-state index >= 15 is 0 Å². The quantitative estimate of drug-likeness (QED) is 0.568. The van der Waals surface area contributed by atoms with Gasteiger partial charge in [0.2, 0.25) is 0 Å². The molecule has 0 amide bonds. The van der Waals surface area contributed by atoms with Crippen molar-refractivity contribution in [2.45, 2.75) is 27.7 Å². The summed E-state index contributed by atoms with van der Waals surface area (Å²) >= 11 is 0. The molecular formula is C20H20N6. The first-order valence-corrected chi connectivity index (χ1v) is 8.53. The fourth-order valence-electron chi connectivity index (χ4n) is 3.17. The molecule has 1 aromatic carbocycles. The second-order valence-corrected chi connectivity index (χ2v) is 6.48. The zero-order chi connectivity index (χ0) is 18.3. The van der Waals surface area contributed by atoms with E-state index in [1.54, 1.807) is 0 Å². The van der Waals surface area contributed by atoms with Gasteiger partial charge in [-0.1, -0.05) is 30.3 Å². The number of rotatable bonds is 3. The monoisotopic (exact) mass is 344 g/mol. The summed E-state index contributed by atoms with van der Waals surface area (Å²) in [6.07, 6.45) is 0. The summed E-state index contributed by atoms with van der Waals surface area (Å²) in [4.78, 5) is 0. The van der Waals surface area contributed by atoms with Crippen molar-refractivity contribution >= 4 is 0 Å². The van der Waals surface area contributed by atoms with Gasteiger partial charge in [0, 0.05) is 17.0 Å². The van der Waals surface area contributed by atoms with Crippen LogP contribution >= 0.6 is 0 Å². The first kappa shape index (κ1) is 16.2. The van der Waals surface area contributed by atoms with Gasteiger partial charge >= 0.3 is 0 Å². The summed E-state index contributed by atoms with van der Waals surface area (Å²) in [7, 11) is 0. The molecule has 0 bridgehead atoms. The minimum absolute atomic E-state index is 0.694. The van der Waals surface area contributed by atoms with E-state index in [1.165, 1.54) is 0 Å². The molecule has 0 aliphatic rings. The lowest BCUT2D eigenvalue weighted by Crippen LogP contribution is -2.10. The van der Waals surface area contributed by atoms with Crippen LogP contribution in [0.1, 0.15) is 22.8 Å². The Morgan fingerprint density at radius 2 is 1.31 bits per heavy atom. The van der Waals surface area contributed by atoms with Crippen molar-refractivity contribution in [1.29, 1.82) is 0 Å². The molecule has 3 aromatic heterocycles. The minimum Gasteiger partial charge on any atom is -0.218 e. The molecule has 130 valence electrons. The maximum Gasteiger partial charge on any atom is 0.183 e. The fraction of sp³-hybridized carbons (Fsp3) is 0.200. The number of benzene rings is 1. The third-order valence-corrected chi connectivity index (χ3v) is 4.28. The molecule has 6 heteroatoms. The molecule has 0 fully saturated rings. The van der Waals surface area contributed by atoms with Gasteiger partial charge in [-0.05, 0) is 51.5 Å². The summed E-state index contributed by atoms with van der Waals surface area (Å²) in [5.41, 5.74) is 5.98. The Morgan fingerprint density at radius 1 is 0.692 bits per heavy atom. The van der Waals surface area contributed by atoms with E-state index in [-0.39, 0.29) is 0 Å². The molecule has 0 saturated carbocycles. The third kappa shape index (κ3) is 2.79. The van der Waals surface area contributed by atoms with Crippen molar-refractivity contribution in [3.8, 4) is 22.8 Å². The Labute approximate surface area is 152 Å². The van der Waals surface area contributed by atoms with Gasteiger partial charge in [0.05, 0.1) is 11.4 Å². The summed E-state index contributed by atoms with van der Waals surface area (Å²) in [6.45, 7) is 7.98. The van der Waals surface area contributed by atoms with Crippen LogP contribution in [-0.2, 0) is 0 Å². The number of hydrogen-bond donors (Lipinski definition) is 0. The van der Waals surface area contributed by atoms with Crippen LogP contribution in [0.15, 0.2) is 48.5 Å². The summed E-state index contributed by atoms with van der Waals surface area (Å²) in [5, 5.41) is 18.1. The number of hydrogen-bond acceptors (Lipinski definition) is 4. The largest absolute Gasteiger partial charge is 0.218 e. The summed E-state index contributed by atoms with van der Waals surface area (Å²) < 4.78 is 3.66. The van der Waals surface area contributed by atoms with Crippen molar-refractivity contribution in [2.75, 3.05) is 0 Å². The Morgan fingerprint density at radius 3 is 1.88 bits per heavy atom. The molecular weight excluding hydrogens is 324 g/mol. The highest BCUT2D eigenvalue weighted by Crippen LogP contribution is 2.27. The van der Waals surface area contributed by atoms with E-state index in [2.05, 4.69) is 32.5 Å². The van der Waals surface area contributed by atoms with E-state index in [1.807, 2.05) is 73.5 Å². The molecule has 0 aliphatic carbocycles. The molecule has 0 unspecified atom stereocenters. The van der Waals surface area contributed by atoms with Crippen LogP contribution in [0, 0.1) is 27.7 Å². The third-order valence-electron chi connectivity index (χ3n) is 4.28. The van der Waals surface area contributed by atoms with Gasteiger partial charge in [0.25, 0.3) is 0 Å². The van der Waals surface area contributed by atoms with Crippen LogP contribution < -0.4 is 0 Å². The Hall–Kier alpha value is -3.28. The lowest BCUT2D eigenvalue weighted by Gasteiger charge is -2.12. The first-order chi connectivity index (χ1) is 12.5. The second-order valence-electron chi connectivity index (χ2n) is 6.48. The molecule has 0 atom stereocenters. The molecule has 26 heavy (non-hydrogen) atoms. The van der Waals surface area contributed by atoms with Gasteiger partial charge in [-0.15, -0.1) is 10.2 Å². The zero-order valence-electron chi connectivity index (χ0n) is 15.3. The van der Waals surface area contributed by atoms with Gasteiger partial charge < -0.3 is 0 Å². The van der Waals surface area contributed by atoms with Crippen molar-refractivity contribution in [3.05, 3.63) is 71.3 Å². The average molecular weight is 344 g/mol. The molecule has 4 aromatic rings. The van der Waals surface area contributed by atoms with E-state index in [4.69, 9.17) is 0 Å². The predicted molar refractivity (Wildman–Crippen MR) is 101 cm³/mol. The highest BCUT2D eigenvalue weighted by atomic mass is 15.4. The lowest BCUT2D eigenvalue weighted by molar-refractivity contribution is 0.746. The first-order valence-electron chi connectivity index (χ1n) is 8.53. The van der Waals surface area contributed by atoms with Gasteiger partial charge in [-0.3, -0.25) is 0 Å². The SMILES string of the molecule is Cc1cc(C)n(-c2cc(-c3ccccc3)c(-n3nc(C)cc3C)nn2)n1. The predicted octanol–water partition coefficient (Wildman–Crippen LogP) is 3.75. The van der Waals surface area contributed by atoms with Crippen molar-refractivity contribution < 1.29 is 0 Å². The second kappa shape index (κ2) is 6.22. The smallest absolute Gasteiger partial charge is 0.183 e. The number of nitrogens with zero attached hydrogens (tertiary/aromatic N) is 6. The van der Waals surface area contributed by atoms with Crippen LogP contribution in [0.25, 0.3) is 22.8 Å². The lowest BCUT2D eigenvalue weighted by atomic mass is 10.1. The topological polar surface area (TPSA) is 61.4 Å². The fourth-order valence-corrected chi connectivity index (χ4v) is 3.17. The van der Waals surface area contributed by atoms with E-state index in [0.717, 1.165) is 33.9 Å². The summed E-state index contributed by atoms with van der Waals surface area (Å²) in [6, 6.07) is 16.3. The Kier molecular flexibility index (Phi) is 3.88. The van der Waals surface area contributed by atoms with Crippen LogP contribution in [-0.4, -0.2) is 29.8 Å². The van der Waals surface area contributed by atoms with Crippen LogP contribution in [0.4, 0.5) is 0 Å². The molecule has 6 nitrogen and oxygen atoms in total. The van der Waals surface area contributed by atoms with Crippen molar-refractivity contribution in [2.24, 2.45) is 0 Å². The molecule has 0 N–H and O–H groups in total. The standard InChI is InChI=1S/C20H20N6/c1-13-10-15(3)25(23-13)19-12-18(17-8-6-5-7-9-17)20(22-21-19)26-16(4)11-14(2)24-26/h5-12H,1-4H3. The van der Waals surface area contributed by atoms with E-state index < -0.39 is 0 Å². The highest BCUT2D eigenvalue weighted by Gasteiger charge is 2.16. The maximum absolute atomic E-state index is 4.58. The molecule has 0 aliphatic heterocycles. The number of aryl methyl sites for hydroxylation is 4. The molecule has 0 spiro atoms. The molecule has 0 radical (unpaired) electrons. The molecule has 4 rings (SSSR count). The average Bonchev–Trinajstić information content (AvgIpc) is 3.15. The number of aromatic nitrogens is 6. The van der Waals surface area contributed by atoms with E-state index in [0.29, 0.717) is 11.6 Å².